The third kappa shape index (κ3) is 2.95. The Balaban J connectivity index is 2.29. The van der Waals surface area contributed by atoms with E-state index in [1.807, 2.05) is 13.1 Å². The van der Waals surface area contributed by atoms with Crippen LogP contribution < -0.4 is 0 Å². The number of ether oxygens (including phenoxy) is 1. The summed E-state index contributed by atoms with van der Waals surface area (Å²) >= 11 is 0. The normalized spacial score (nSPS) is 24.2. The van der Waals surface area contributed by atoms with E-state index in [2.05, 4.69) is 4.90 Å². The summed E-state index contributed by atoms with van der Waals surface area (Å²) in [5, 5.41) is 0. The maximum Gasteiger partial charge on any atom is 0.310 e. The molecule has 4 heteroatoms. The summed E-state index contributed by atoms with van der Waals surface area (Å²) in [7, 11) is 3.39. The molecule has 1 aliphatic rings. The number of likely N-dealkylation sites (tertiary alicyclic amines) is 1. The van der Waals surface area contributed by atoms with E-state index in [1.54, 1.807) is 19.1 Å². The van der Waals surface area contributed by atoms with Gasteiger partial charge in [-0.1, -0.05) is 12.1 Å². The zero-order valence-corrected chi connectivity index (χ0v) is 11.6. The van der Waals surface area contributed by atoms with Gasteiger partial charge in [0.1, 0.15) is 5.82 Å². The fraction of sp³-hybridized carbons (Fsp3) is 0.533. The van der Waals surface area contributed by atoms with Crippen LogP contribution in [0.25, 0.3) is 0 Å². The summed E-state index contributed by atoms with van der Waals surface area (Å²) in [6, 6.07) is 5.25. The largest absolute Gasteiger partial charge is 0.469 e. The zero-order chi connectivity index (χ0) is 14.0. The number of aryl methyl sites for hydroxylation is 1. The number of piperidine rings is 1. The lowest BCUT2D eigenvalue weighted by Gasteiger charge is -2.35. The molecular formula is C15H20FNO2. The van der Waals surface area contributed by atoms with Crippen molar-refractivity contribution >= 4 is 5.97 Å². The van der Waals surface area contributed by atoms with Crippen molar-refractivity contribution in [2.75, 3.05) is 27.2 Å². The molecule has 1 aromatic carbocycles. The average Bonchev–Trinajstić information content (AvgIpc) is 2.41. The molecule has 1 fully saturated rings. The number of carbonyl (C=O) groups is 1. The van der Waals surface area contributed by atoms with Crippen LogP contribution >= 0.6 is 0 Å². The molecule has 104 valence electrons. The number of nitrogens with zero attached hydrogens (tertiary/aromatic N) is 1. The molecule has 0 radical (unpaired) electrons. The minimum atomic E-state index is -0.217. The monoisotopic (exact) mass is 265 g/mol. The number of benzene rings is 1. The van der Waals surface area contributed by atoms with Crippen LogP contribution in [-0.4, -0.2) is 38.1 Å². The van der Waals surface area contributed by atoms with E-state index in [9.17, 15) is 9.18 Å². The van der Waals surface area contributed by atoms with Crippen LogP contribution in [0.5, 0.6) is 0 Å². The van der Waals surface area contributed by atoms with Crippen LogP contribution in [0.4, 0.5) is 4.39 Å². The van der Waals surface area contributed by atoms with E-state index in [-0.39, 0.29) is 23.6 Å². The highest BCUT2D eigenvalue weighted by Crippen LogP contribution is 2.34. The standard InChI is InChI=1S/C15H20FNO2/c1-10-4-5-11(8-14(10)16)12-6-7-17(2)9-13(12)15(18)19-3/h4-5,8,12-13H,6-7,9H2,1-3H3/t12-,13-/m0/s1. The van der Waals surface area contributed by atoms with Crippen LogP contribution in [0, 0.1) is 18.7 Å². The van der Waals surface area contributed by atoms with E-state index in [1.165, 1.54) is 7.11 Å². The Labute approximate surface area is 113 Å². The second-order valence-corrected chi connectivity index (χ2v) is 5.30. The van der Waals surface area contributed by atoms with Gasteiger partial charge in [-0.05, 0) is 50.0 Å². The Kier molecular flexibility index (Phi) is 4.20. The topological polar surface area (TPSA) is 29.5 Å². The molecule has 0 spiro atoms. The van der Waals surface area contributed by atoms with Gasteiger partial charge in [0, 0.05) is 6.54 Å². The van der Waals surface area contributed by atoms with Gasteiger partial charge in [-0.15, -0.1) is 0 Å². The van der Waals surface area contributed by atoms with Gasteiger partial charge in [-0.25, -0.2) is 4.39 Å². The zero-order valence-electron chi connectivity index (χ0n) is 11.6. The summed E-state index contributed by atoms with van der Waals surface area (Å²) in [5.74, 6) is -0.595. The fourth-order valence-corrected chi connectivity index (χ4v) is 2.74. The number of rotatable bonds is 2. The van der Waals surface area contributed by atoms with Gasteiger partial charge in [0.05, 0.1) is 13.0 Å². The summed E-state index contributed by atoms with van der Waals surface area (Å²) in [4.78, 5) is 14.0. The number of carbonyl (C=O) groups excluding carboxylic acids is 1. The van der Waals surface area contributed by atoms with E-state index < -0.39 is 0 Å². The van der Waals surface area contributed by atoms with Gasteiger partial charge >= 0.3 is 5.97 Å². The molecule has 1 aromatic rings. The Morgan fingerprint density at radius 1 is 1.47 bits per heavy atom. The van der Waals surface area contributed by atoms with Gasteiger partial charge in [-0.3, -0.25) is 4.79 Å². The predicted octanol–water partition coefficient (Wildman–Crippen LogP) is 2.34. The quantitative estimate of drug-likeness (QED) is 0.769. The van der Waals surface area contributed by atoms with E-state index in [4.69, 9.17) is 4.74 Å². The third-order valence-electron chi connectivity index (χ3n) is 3.94. The van der Waals surface area contributed by atoms with Gasteiger partial charge in [0.2, 0.25) is 0 Å². The lowest BCUT2D eigenvalue weighted by atomic mass is 9.80. The highest BCUT2D eigenvalue weighted by atomic mass is 19.1. The summed E-state index contributed by atoms with van der Waals surface area (Å²) in [6.45, 7) is 3.31. The molecule has 0 bridgehead atoms. The van der Waals surface area contributed by atoms with Crippen molar-refractivity contribution in [3.8, 4) is 0 Å². The molecule has 3 nitrogen and oxygen atoms in total. The van der Waals surface area contributed by atoms with E-state index in [0.29, 0.717) is 12.1 Å². The van der Waals surface area contributed by atoms with Crippen molar-refractivity contribution in [1.82, 2.24) is 4.90 Å². The summed E-state index contributed by atoms with van der Waals surface area (Å²) in [6.07, 6.45) is 0.846. The van der Waals surface area contributed by atoms with Gasteiger partial charge in [-0.2, -0.15) is 0 Å². The van der Waals surface area contributed by atoms with Gasteiger partial charge in [0.15, 0.2) is 0 Å². The van der Waals surface area contributed by atoms with E-state index >= 15 is 0 Å². The molecule has 0 saturated carbocycles. The SMILES string of the molecule is COC(=O)[C@H]1CN(C)CC[C@H]1c1ccc(C)c(F)c1. The number of hydrogen-bond acceptors (Lipinski definition) is 3. The first-order valence-corrected chi connectivity index (χ1v) is 6.55. The van der Waals surface area contributed by atoms with Crippen LogP contribution in [0.1, 0.15) is 23.5 Å². The maximum atomic E-state index is 13.7. The molecule has 1 saturated heterocycles. The number of hydrogen-bond donors (Lipinski definition) is 0. The number of halogens is 1. The molecule has 0 aliphatic carbocycles. The van der Waals surface area contributed by atoms with Crippen LogP contribution in [0.15, 0.2) is 18.2 Å². The first-order chi connectivity index (χ1) is 9.02. The van der Waals surface area contributed by atoms with Crippen molar-refractivity contribution in [3.63, 3.8) is 0 Å². The molecule has 0 N–H and O–H groups in total. The molecule has 0 aromatic heterocycles. The molecule has 2 atom stereocenters. The first kappa shape index (κ1) is 14.0. The summed E-state index contributed by atoms with van der Waals surface area (Å²) in [5.41, 5.74) is 1.53. The average molecular weight is 265 g/mol. The Hall–Kier alpha value is -1.42. The molecule has 0 amide bonds. The Morgan fingerprint density at radius 2 is 2.21 bits per heavy atom. The highest BCUT2D eigenvalue weighted by Gasteiger charge is 2.35. The molecule has 1 heterocycles. The minimum absolute atomic E-state index is 0.0405. The van der Waals surface area contributed by atoms with Gasteiger partial charge in [0.25, 0.3) is 0 Å². The number of esters is 1. The molecule has 1 aliphatic heterocycles. The van der Waals surface area contributed by atoms with Gasteiger partial charge < -0.3 is 9.64 Å². The fourth-order valence-electron chi connectivity index (χ4n) is 2.74. The van der Waals surface area contributed by atoms with Crippen molar-refractivity contribution < 1.29 is 13.9 Å². The van der Waals surface area contributed by atoms with Crippen LogP contribution in [0.3, 0.4) is 0 Å². The van der Waals surface area contributed by atoms with Crippen LogP contribution in [0.2, 0.25) is 0 Å². The molecule has 2 rings (SSSR count). The Bertz CT molecular complexity index is 475. The lowest BCUT2D eigenvalue weighted by molar-refractivity contribution is -0.148. The van der Waals surface area contributed by atoms with Crippen LogP contribution in [-0.2, 0) is 9.53 Å². The third-order valence-corrected chi connectivity index (χ3v) is 3.94. The second-order valence-electron chi connectivity index (χ2n) is 5.30. The predicted molar refractivity (Wildman–Crippen MR) is 71.5 cm³/mol. The van der Waals surface area contributed by atoms with Crippen molar-refractivity contribution in [1.29, 1.82) is 0 Å². The first-order valence-electron chi connectivity index (χ1n) is 6.55. The maximum absolute atomic E-state index is 13.7. The minimum Gasteiger partial charge on any atom is -0.469 e. The smallest absolute Gasteiger partial charge is 0.310 e. The van der Waals surface area contributed by atoms with E-state index in [0.717, 1.165) is 18.5 Å². The van der Waals surface area contributed by atoms with Crippen molar-refractivity contribution in [2.45, 2.75) is 19.3 Å². The lowest BCUT2D eigenvalue weighted by Crippen LogP contribution is -2.41. The summed E-state index contributed by atoms with van der Waals surface area (Å²) < 4.78 is 18.6. The Morgan fingerprint density at radius 3 is 2.84 bits per heavy atom. The van der Waals surface area contributed by atoms with Crippen molar-refractivity contribution in [2.24, 2.45) is 5.92 Å². The van der Waals surface area contributed by atoms with Crippen molar-refractivity contribution in [3.05, 3.63) is 35.1 Å². The molecule has 19 heavy (non-hydrogen) atoms. The molecule has 0 unspecified atom stereocenters. The molecular weight excluding hydrogens is 245 g/mol. The number of methoxy groups -OCH3 is 1. The second kappa shape index (κ2) is 5.70. The highest BCUT2D eigenvalue weighted by molar-refractivity contribution is 5.74.